The van der Waals surface area contributed by atoms with Crippen molar-refractivity contribution >= 4 is 29.1 Å². The predicted octanol–water partition coefficient (Wildman–Crippen LogP) is 5.41. The van der Waals surface area contributed by atoms with E-state index in [0.717, 1.165) is 24.5 Å². The molecule has 4 rings (SSSR count). The van der Waals surface area contributed by atoms with E-state index in [4.69, 9.17) is 11.6 Å². The molecule has 10 heteroatoms. The van der Waals surface area contributed by atoms with E-state index in [9.17, 15) is 13.2 Å². The maximum absolute atomic E-state index is 12.4. The minimum atomic E-state index is -4.81. The molecule has 1 aliphatic rings. The molecule has 0 spiro atoms. The molecular weight excluding hydrogens is 407 g/mol. The molecule has 1 aromatic carbocycles. The largest absolute Gasteiger partial charge is 0.573 e. The lowest BCUT2D eigenvalue weighted by Crippen LogP contribution is -2.17. The first-order valence-corrected chi connectivity index (χ1v) is 9.12. The molecule has 2 aromatic heterocycles. The topological polar surface area (TPSA) is 72.0 Å². The Morgan fingerprint density at radius 3 is 2.45 bits per heavy atom. The van der Waals surface area contributed by atoms with Crippen molar-refractivity contribution in [2.45, 2.75) is 25.2 Å². The summed E-state index contributed by atoms with van der Waals surface area (Å²) in [5.41, 5.74) is 1.99. The van der Waals surface area contributed by atoms with Gasteiger partial charge in [0.1, 0.15) is 11.6 Å². The highest BCUT2D eigenvalue weighted by atomic mass is 35.5. The van der Waals surface area contributed by atoms with E-state index >= 15 is 0 Å². The summed E-state index contributed by atoms with van der Waals surface area (Å²) in [5, 5.41) is 6.13. The molecule has 0 atom stereocenters. The molecule has 6 nitrogen and oxygen atoms in total. The van der Waals surface area contributed by atoms with Crippen molar-refractivity contribution in [2.75, 3.05) is 10.6 Å². The zero-order valence-electron chi connectivity index (χ0n) is 14.9. The van der Waals surface area contributed by atoms with Crippen molar-refractivity contribution in [3.63, 3.8) is 0 Å². The van der Waals surface area contributed by atoms with E-state index in [2.05, 4.69) is 30.3 Å². The maximum Gasteiger partial charge on any atom is 0.573 e. The first-order chi connectivity index (χ1) is 13.9. The van der Waals surface area contributed by atoms with E-state index in [1.165, 1.54) is 12.1 Å². The van der Waals surface area contributed by atoms with Gasteiger partial charge < -0.3 is 15.4 Å². The summed E-state index contributed by atoms with van der Waals surface area (Å²) in [6.07, 6.45) is 0.632. The van der Waals surface area contributed by atoms with Crippen molar-refractivity contribution in [1.82, 2.24) is 15.0 Å². The van der Waals surface area contributed by atoms with Crippen LogP contribution in [0.3, 0.4) is 0 Å². The van der Waals surface area contributed by atoms with E-state index in [1.54, 1.807) is 18.5 Å². The molecule has 0 bridgehead atoms. The zero-order valence-corrected chi connectivity index (χ0v) is 15.6. The Morgan fingerprint density at radius 1 is 1.03 bits per heavy atom. The van der Waals surface area contributed by atoms with Crippen LogP contribution in [-0.4, -0.2) is 27.4 Å². The molecular formula is C19H15ClF3N5O. The highest BCUT2D eigenvalue weighted by Gasteiger charge is 2.32. The van der Waals surface area contributed by atoms with Crippen molar-refractivity contribution in [3.8, 4) is 17.0 Å². The van der Waals surface area contributed by atoms with Gasteiger partial charge in [0.15, 0.2) is 0 Å². The van der Waals surface area contributed by atoms with E-state index in [-0.39, 0.29) is 5.02 Å². The average molecular weight is 422 g/mol. The maximum atomic E-state index is 12.4. The van der Waals surface area contributed by atoms with Crippen LogP contribution in [0.15, 0.2) is 48.8 Å². The van der Waals surface area contributed by atoms with E-state index in [1.807, 2.05) is 12.1 Å². The normalized spacial score (nSPS) is 13.8. The Morgan fingerprint density at radius 2 is 1.79 bits per heavy atom. The molecule has 0 saturated heterocycles. The summed E-state index contributed by atoms with van der Waals surface area (Å²) < 4.78 is 41.1. The van der Waals surface area contributed by atoms with Crippen LogP contribution in [0.5, 0.6) is 5.75 Å². The predicted molar refractivity (Wildman–Crippen MR) is 103 cm³/mol. The molecule has 3 aromatic rings. The second kappa shape index (κ2) is 7.75. The molecule has 1 saturated carbocycles. The number of pyridine rings is 1. The quantitative estimate of drug-likeness (QED) is 0.554. The molecule has 1 aliphatic carbocycles. The molecule has 0 unspecified atom stereocenters. The fourth-order valence-electron chi connectivity index (χ4n) is 2.59. The summed E-state index contributed by atoms with van der Waals surface area (Å²) in [5.74, 6) is 0.462. The van der Waals surface area contributed by atoms with Gasteiger partial charge in [0.05, 0.1) is 10.7 Å². The lowest BCUT2D eigenvalue weighted by atomic mass is 10.2. The van der Waals surface area contributed by atoms with Gasteiger partial charge in [-0.05, 0) is 43.2 Å². The SMILES string of the molecule is FC(F)(F)Oc1ccc(Nc2cc(-c3ccncc3)nc(NC3CC3)n2)cc1Cl. The van der Waals surface area contributed by atoms with Gasteiger partial charge in [0.2, 0.25) is 5.95 Å². The average Bonchev–Trinajstić information content (AvgIpc) is 3.47. The number of hydrogen-bond acceptors (Lipinski definition) is 6. The van der Waals surface area contributed by atoms with Crippen LogP contribution in [0.4, 0.5) is 30.6 Å². The number of hydrogen-bond donors (Lipinski definition) is 2. The van der Waals surface area contributed by atoms with E-state index < -0.39 is 12.1 Å². The van der Waals surface area contributed by atoms with Crippen LogP contribution in [0.2, 0.25) is 5.02 Å². The Bertz CT molecular complexity index is 1010. The molecule has 29 heavy (non-hydrogen) atoms. The number of aromatic nitrogens is 3. The van der Waals surface area contributed by atoms with E-state index in [0.29, 0.717) is 29.2 Å². The van der Waals surface area contributed by atoms with Gasteiger partial charge in [-0.15, -0.1) is 13.2 Å². The number of benzene rings is 1. The third-order valence-corrected chi connectivity index (χ3v) is 4.34. The van der Waals surface area contributed by atoms with Crippen LogP contribution in [0.25, 0.3) is 11.3 Å². The summed E-state index contributed by atoms with van der Waals surface area (Å²) in [6.45, 7) is 0. The highest BCUT2D eigenvalue weighted by molar-refractivity contribution is 6.32. The van der Waals surface area contributed by atoms with Crippen LogP contribution in [0, 0.1) is 0 Å². The smallest absolute Gasteiger partial charge is 0.404 e. The monoisotopic (exact) mass is 421 g/mol. The van der Waals surface area contributed by atoms with Gasteiger partial charge in [-0.1, -0.05) is 11.6 Å². The summed E-state index contributed by atoms with van der Waals surface area (Å²) in [4.78, 5) is 13.0. The highest BCUT2D eigenvalue weighted by Crippen LogP contribution is 2.33. The summed E-state index contributed by atoms with van der Waals surface area (Å²) >= 11 is 5.92. The Hall–Kier alpha value is -3.07. The van der Waals surface area contributed by atoms with Gasteiger partial charge in [0, 0.05) is 35.8 Å². The van der Waals surface area contributed by atoms with Crippen molar-refractivity contribution in [3.05, 3.63) is 53.8 Å². The molecule has 0 amide bonds. The number of alkyl halides is 3. The lowest BCUT2D eigenvalue weighted by Gasteiger charge is -2.13. The third kappa shape index (κ3) is 5.26. The van der Waals surface area contributed by atoms with Crippen LogP contribution in [-0.2, 0) is 0 Å². The fraction of sp³-hybridized carbons (Fsp3) is 0.211. The van der Waals surface area contributed by atoms with Gasteiger partial charge >= 0.3 is 6.36 Å². The number of rotatable bonds is 6. The molecule has 0 aliphatic heterocycles. The zero-order chi connectivity index (χ0) is 20.4. The van der Waals surface area contributed by atoms with Crippen molar-refractivity contribution < 1.29 is 17.9 Å². The molecule has 0 radical (unpaired) electrons. The Balaban J connectivity index is 1.61. The molecule has 2 N–H and O–H groups in total. The Labute approximate surface area is 169 Å². The number of nitrogens with one attached hydrogen (secondary N) is 2. The summed E-state index contributed by atoms with van der Waals surface area (Å²) in [6, 6.07) is 9.65. The van der Waals surface area contributed by atoms with Crippen molar-refractivity contribution in [1.29, 1.82) is 0 Å². The number of ether oxygens (including phenoxy) is 1. The number of nitrogens with zero attached hydrogens (tertiary/aromatic N) is 3. The van der Waals surface area contributed by atoms with Crippen LogP contribution >= 0.6 is 11.6 Å². The van der Waals surface area contributed by atoms with Crippen LogP contribution in [0.1, 0.15) is 12.8 Å². The molecule has 2 heterocycles. The second-order valence-corrected chi connectivity index (χ2v) is 6.84. The first-order valence-electron chi connectivity index (χ1n) is 8.74. The summed E-state index contributed by atoms with van der Waals surface area (Å²) in [7, 11) is 0. The fourth-order valence-corrected chi connectivity index (χ4v) is 2.81. The van der Waals surface area contributed by atoms with Crippen molar-refractivity contribution in [2.24, 2.45) is 0 Å². The lowest BCUT2D eigenvalue weighted by molar-refractivity contribution is -0.274. The van der Waals surface area contributed by atoms with Crippen LogP contribution < -0.4 is 15.4 Å². The first kappa shape index (κ1) is 19.3. The number of halogens is 4. The van der Waals surface area contributed by atoms with Gasteiger partial charge in [-0.3, -0.25) is 4.98 Å². The van der Waals surface area contributed by atoms with Gasteiger partial charge in [0.25, 0.3) is 0 Å². The number of anilines is 3. The third-order valence-electron chi connectivity index (χ3n) is 4.04. The van der Waals surface area contributed by atoms with Gasteiger partial charge in [-0.25, -0.2) is 4.98 Å². The Kier molecular flexibility index (Phi) is 5.14. The second-order valence-electron chi connectivity index (χ2n) is 6.43. The minimum Gasteiger partial charge on any atom is -0.404 e. The van der Waals surface area contributed by atoms with Gasteiger partial charge in [-0.2, -0.15) is 4.98 Å². The standard InChI is InChI=1S/C19H15ClF3N5O/c20-14-9-13(3-4-16(14)29-19(21,22)23)25-17-10-15(11-5-7-24-8-6-11)27-18(28-17)26-12-1-2-12/h3-10,12H,1-2H2,(H2,25,26,27,28). The molecule has 1 fully saturated rings. The molecule has 150 valence electrons. The minimum absolute atomic E-state index is 0.174.